The normalized spacial score (nSPS) is 11.6. The zero-order valence-electron chi connectivity index (χ0n) is 12.5. The van der Waals surface area contributed by atoms with E-state index in [-0.39, 0.29) is 6.54 Å². The van der Waals surface area contributed by atoms with Crippen LogP contribution >= 0.6 is 23.1 Å². The van der Waals surface area contributed by atoms with Gasteiger partial charge in [-0.15, -0.1) is 10.2 Å². The Morgan fingerprint density at radius 1 is 1.39 bits per heavy atom. The van der Waals surface area contributed by atoms with Crippen LogP contribution in [0, 0.1) is 0 Å². The molecular formula is C12H15N5O3S3. The highest BCUT2D eigenvalue weighted by Crippen LogP contribution is 2.27. The minimum Gasteiger partial charge on any atom is -0.299 e. The van der Waals surface area contributed by atoms with Crippen molar-refractivity contribution >= 4 is 44.2 Å². The van der Waals surface area contributed by atoms with Crippen LogP contribution in [-0.2, 0) is 20.6 Å². The Bertz CT molecular complexity index is 763. The summed E-state index contributed by atoms with van der Waals surface area (Å²) in [6.45, 7) is -0.269. The van der Waals surface area contributed by atoms with E-state index >= 15 is 0 Å². The second kappa shape index (κ2) is 7.81. The van der Waals surface area contributed by atoms with E-state index in [4.69, 9.17) is 0 Å². The molecule has 2 heterocycles. The standard InChI is InChI=1S/C12H15N5O3S3/c1-17(23(2,19)20)7-10(18)14-11-15-16-12(22-11)21-8-9-5-3-4-6-13-9/h3-6H,7-8H2,1-2H3,(H,14,15,18). The highest BCUT2D eigenvalue weighted by molar-refractivity contribution is 8.00. The Morgan fingerprint density at radius 2 is 2.17 bits per heavy atom. The minimum atomic E-state index is -3.40. The van der Waals surface area contributed by atoms with Crippen molar-refractivity contribution in [1.29, 1.82) is 0 Å². The van der Waals surface area contributed by atoms with Crippen molar-refractivity contribution in [3.8, 4) is 0 Å². The van der Waals surface area contributed by atoms with Gasteiger partial charge in [0.05, 0.1) is 18.5 Å². The van der Waals surface area contributed by atoms with Gasteiger partial charge in [0.15, 0.2) is 4.34 Å². The quantitative estimate of drug-likeness (QED) is 0.571. The molecule has 0 aliphatic rings. The monoisotopic (exact) mass is 373 g/mol. The Kier molecular flexibility index (Phi) is 6.04. The number of thioether (sulfide) groups is 1. The van der Waals surface area contributed by atoms with Gasteiger partial charge in [-0.3, -0.25) is 15.1 Å². The molecule has 1 N–H and O–H groups in total. The van der Waals surface area contributed by atoms with Gasteiger partial charge in [0, 0.05) is 19.0 Å². The first kappa shape index (κ1) is 17.8. The third-order valence-electron chi connectivity index (χ3n) is 2.65. The van der Waals surface area contributed by atoms with Gasteiger partial charge in [-0.25, -0.2) is 8.42 Å². The zero-order chi connectivity index (χ0) is 16.9. The number of hydrogen-bond acceptors (Lipinski definition) is 8. The van der Waals surface area contributed by atoms with Crippen LogP contribution < -0.4 is 5.32 Å². The van der Waals surface area contributed by atoms with Crippen molar-refractivity contribution in [3.63, 3.8) is 0 Å². The third kappa shape index (κ3) is 5.86. The molecule has 0 unspecified atom stereocenters. The molecule has 0 bridgehead atoms. The van der Waals surface area contributed by atoms with Crippen LogP contribution in [0.2, 0.25) is 0 Å². The lowest BCUT2D eigenvalue weighted by Crippen LogP contribution is -2.34. The fourth-order valence-electron chi connectivity index (χ4n) is 1.42. The van der Waals surface area contributed by atoms with E-state index in [0.29, 0.717) is 15.2 Å². The average molecular weight is 373 g/mol. The molecule has 0 saturated carbocycles. The number of amides is 1. The second-order valence-electron chi connectivity index (χ2n) is 4.55. The molecule has 1 amide bonds. The molecule has 0 saturated heterocycles. The van der Waals surface area contributed by atoms with Crippen LogP contribution in [0.4, 0.5) is 5.13 Å². The number of pyridine rings is 1. The molecule has 11 heteroatoms. The molecule has 8 nitrogen and oxygen atoms in total. The number of nitrogens with one attached hydrogen (secondary N) is 1. The van der Waals surface area contributed by atoms with E-state index in [0.717, 1.165) is 16.3 Å². The molecular weight excluding hydrogens is 358 g/mol. The number of likely N-dealkylation sites (N-methyl/N-ethyl adjacent to an activating group) is 1. The maximum absolute atomic E-state index is 11.8. The lowest BCUT2D eigenvalue weighted by atomic mass is 10.4. The molecule has 124 valence electrons. The lowest BCUT2D eigenvalue weighted by Gasteiger charge is -2.12. The van der Waals surface area contributed by atoms with Crippen molar-refractivity contribution in [3.05, 3.63) is 30.1 Å². The summed E-state index contributed by atoms with van der Waals surface area (Å²) in [5.41, 5.74) is 0.924. The first-order valence-corrected chi connectivity index (χ1v) is 10.1. The summed E-state index contributed by atoms with van der Waals surface area (Å²) in [7, 11) is -2.06. The van der Waals surface area contributed by atoms with Gasteiger partial charge in [-0.05, 0) is 12.1 Å². The third-order valence-corrected chi connectivity index (χ3v) is 5.92. The summed E-state index contributed by atoms with van der Waals surface area (Å²) in [4.78, 5) is 16.0. The van der Waals surface area contributed by atoms with Gasteiger partial charge in [-0.2, -0.15) is 4.31 Å². The van der Waals surface area contributed by atoms with Gasteiger partial charge >= 0.3 is 0 Å². The summed E-state index contributed by atoms with van der Waals surface area (Å²) in [5, 5.41) is 10.7. The van der Waals surface area contributed by atoms with Crippen molar-refractivity contribution in [1.82, 2.24) is 19.5 Å². The molecule has 2 rings (SSSR count). The highest BCUT2D eigenvalue weighted by atomic mass is 32.2. The number of hydrogen-bond donors (Lipinski definition) is 1. The summed E-state index contributed by atoms with van der Waals surface area (Å²) in [6.07, 6.45) is 2.76. The van der Waals surface area contributed by atoms with Crippen molar-refractivity contribution < 1.29 is 13.2 Å². The van der Waals surface area contributed by atoms with E-state index in [1.54, 1.807) is 6.20 Å². The fraction of sp³-hybridized carbons (Fsp3) is 0.333. The van der Waals surface area contributed by atoms with E-state index < -0.39 is 15.9 Å². The molecule has 2 aromatic rings. The molecule has 23 heavy (non-hydrogen) atoms. The van der Waals surface area contributed by atoms with Crippen LogP contribution in [-0.4, -0.2) is 53.7 Å². The summed E-state index contributed by atoms with van der Waals surface area (Å²) in [6, 6.07) is 5.67. The van der Waals surface area contributed by atoms with E-state index in [2.05, 4.69) is 20.5 Å². The van der Waals surface area contributed by atoms with E-state index in [9.17, 15) is 13.2 Å². The molecule has 0 spiro atoms. The Morgan fingerprint density at radius 3 is 2.83 bits per heavy atom. The minimum absolute atomic E-state index is 0.269. The lowest BCUT2D eigenvalue weighted by molar-refractivity contribution is -0.116. The molecule has 0 aromatic carbocycles. The van der Waals surface area contributed by atoms with Crippen molar-refractivity contribution in [2.24, 2.45) is 0 Å². The average Bonchev–Trinajstić information content (AvgIpc) is 2.92. The smallest absolute Gasteiger partial charge is 0.241 e. The van der Waals surface area contributed by atoms with Crippen LogP contribution in [0.25, 0.3) is 0 Å². The molecule has 2 aromatic heterocycles. The second-order valence-corrected chi connectivity index (χ2v) is 8.84. The van der Waals surface area contributed by atoms with Crippen LogP contribution in [0.5, 0.6) is 0 Å². The zero-order valence-corrected chi connectivity index (χ0v) is 14.9. The van der Waals surface area contributed by atoms with Gasteiger partial charge in [0.1, 0.15) is 0 Å². The highest BCUT2D eigenvalue weighted by Gasteiger charge is 2.16. The number of nitrogens with zero attached hydrogens (tertiary/aromatic N) is 4. The summed E-state index contributed by atoms with van der Waals surface area (Å²) < 4.78 is 24.2. The molecule has 0 atom stereocenters. The molecule has 0 aliphatic carbocycles. The van der Waals surface area contributed by atoms with Gasteiger partial charge in [0.2, 0.25) is 21.1 Å². The first-order chi connectivity index (χ1) is 10.8. The first-order valence-electron chi connectivity index (χ1n) is 6.42. The largest absolute Gasteiger partial charge is 0.299 e. The van der Waals surface area contributed by atoms with Crippen LogP contribution in [0.1, 0.15) is 5.69 Å². The molecule has 0 fully saturated rings. The summed E-state index contributed by atoms with van der Waals surface area (Å²) >= 11 is 2.69. The van der Waals surface area contributed by atoms with Crippen molar-refractivity contribution in [2.75, 3.05) is 25.2 Å². The topological polar surface area (TPSA) is 105 Å². The number of carbonyl (C=O) groups is 1. The van der Waals surface area contributed by atoms with Crippen LogP contribution in [0.3, 0.4) is 0 Å². The predicted molar refractivity (Wildman–Crippen MR) is 89.8 cm³/mol. The molecule has 0 aliphatic heterocycles. The Balaban J connectivity index is 1.86. The predicted octanol–water partition coefficient (Wildman–Crippen LogP) is 1.06. The maximum atomic E-state index is 11.8. The van der Waals surface area contributed by atoms with Gasteiger partial charge in [-0.1, -0.05) is 29.2 Å². The van der Waals surface area contributed by atoms with Crippen LogP contribution in [0.15, 0.2) is 28.7 Å². The Hall–Kier alpha value is -1.56. The molecule has 0 radical (unpaired) electrons. The Labute approximate surface area is 142 Å². The number of sulfonamides is 1. The summed E-state index contributed by atoms with van der Waals surface area (Å²) in [5.74, 6) is 0.190. The van der Waals surface area contributed by atoms with Crippen molar-refractivity contribution in [2.45, 2.75) is 10.1 Å². The maximum Gasteiger partial charge on any atom is 0.241 e. The number of aromatic nitrogens is 3. The van der Waals surface area contributed by atoms with Gasteiger partial charge in [0.25, 0.3) is 0 Å². The van der Waals surface area contributed by atoms with E-state index in [1.165, 1.54) is 30.1 Å². The SMILES string of the molecule is CN(CC(=O)Nc1nnc(SCc2ccccn2)s1)S(C)(=O)=O. The van der Waals surface area contributed by atoms with E-state index in [1.807, 2.05) is 18.2 Å². The fourth-order valence-corrected chi connectivity index (χ4v) is 3.45. The number of anilines is 1. The number of rotatable bonds is 7. The van der Waals surface area contributed by atoms with Gasteiger partial charge < -0.3 is 0 Å². The number of carbonyl (C=O) groups excluding carboxylic acids is 1.